The first-order chi connectivity index (χ1) is 17.6. The highest BCUT2D eigenvalue weighted by molar-refractivity contribution is 5.98. The minimum Gasteiger partial charge on any atom is -0.448 e. The van der Waals surface area contributed by atoms with Crippen LogP contribution in [0.3, 0.4) is 0 Å². The van der Waals surface area contributed by atoms with Crippen LogP contribution in [0, 0.1) is 17.2 Å². The zero-order valence-electron chi connectivity index (χ0n) is 20.0. The fraction of sp³-hybridized carbons (Fsp3) is 0.333. The third-order valence-electron chi connectivity index (χ3n) is 8.05. The molecule has 6 nitrogen and oxygen atoms in total. The summed E-state index contributed by atoms with van der Waals surface area (Å²) in [4.78, 5) is 32.5. The number of hydrogen-bond acceptors (Lipinski definition) is 5. The van der Waals surface area contributed by atoms with Crippen LogP contribution in [0.4, 0.5) is 4.79 Å². The van der Waals surface area contributed by atoms with Crippen molar-refractivity contribution in [3.05, 3.63) is 89.2 Å². The predicted molar refractivity (Wildman–Crippen MR) is 134 cm³/mol. The van der Waals surface area contributed by atoms with Crippen molar-refractivity contribution in [1.29, 1.82) is 5.26 Å². The molecule has 1 aliphatic carbocycles. The molecule has 180 valence electrons. The summed E-state index contributed by atoms with van der Waals surface area (Å²) in [5.74, 6) is -0.0915. The SMILES string of the molecule is N#Cc1cc(C(=O)C2CC3CCCC(C2)N3C(=O)OCC2c3ccccc3-c3ccccc32)ccn1. The van der Waals surface area contributed by atoms with Gasteiger partial charge in [-0.15, -0.1) is 0 Å². The summed E-state index contributed by atoms with van der Waals surface area (Å²) in [6.45, 7) is 0.305. The number of fused-ring (bicyclic) bond motifs is 5. The first kappa shape index (κ1) is 22.5. The van der Waals surface area contributed by atoms with Gasteiger partial charge >= 0.3 is 6.09 Å². The van der Waals surface area contributed by atoms with E-state index < -0.39 is 0 Å². The number of pyridine rings is 1. The van der Waals surface area contributed by atoms with Crippen molar-refractivity contribution in [2.45, 2.75) is 50.1 Å². The minimum absolute atomic E-state index is 0.000579. The van der Waals surface area contributed by atoms with Crippen LogP contribution in [-0.2, 0) is 4.74 Å². The number of Topliss-reactive ketones (excluding diaryl/α,β-unsaturated/α-hetero) is 1. The Bertz CT molecular complexity index is 1320. The van der Waals surface area contributed by atoms with E-state index in [1.807, 2.05) is 35.2 Å². The fourth-order valence-corrected chi connectivity index (χ4v) is 6.44. The Kier molecular flexibility index (Phi) is 5.77. The molecule has 2 atom stereocenters. The van der Waals surface area contributed by atoms with Crippen LogP contribution in [-0.4, -0.2) is 40.5 Å². The maximum Gasteiger partial charge on any atom is 0.410 e. The highest BCUT2D eigenvalue weighted by atomic mass is 16.6. The number of nitriles is 1. The van der Waals surface area contributed by atoms with Gasteiger partial charge in [0.15, 0.2) is 5.78 Å². The van der Waals surface area contributed by atoms with E-state index in [0.29, 0.717) is 25.0 Å². The Hall–Kier alpha value is -3.98. The molecular formula is C30H27N3O3. The van der Waals surface area contributed by atoms with Crippen LogP contribution >= 0.6 is 0 Å². The van der Waals surface area contributed by atoms with Crippen LogP contribution in [0.15, 0.2) is 66.9 Å². The maximum atomic E-state index is 13.4. The molecule has 2 saturated heterocycles. The van der Waals surface area contributed by atoms with Crippen molar-refractivity contribution < 1.29 is 14.3 Å². The van der Waals surface area contributed by atoms with Crippen LogP contribution in [0.25, 0.3) is 11.1 Å². The number of piperidine rings is 2. The van der Waals surface area contributed by atoms with Gasteiger partial charge in [0.1, 0.15) is 18.4 Å². The van der Waals surface area contributed by atoms with Crippen molar-refractivity contribution in [2.24, 2.45) is 5.92 Å². The zero-order valence-corrected chi connectivity index (χ0v) is 20.0. The highest BCUT2D eigenvalue weighted by Gasteiger charge is 2.44. The van der Waals surface area contributed by atoms with Gasteiger partial charge in [0.05, 0.1) is 0 Å². The second-order valence-corrected chi connectivity index (χ2v) is 10.0. The van der Waals surface area contributed by atoms with Gasteiger partial charge < -0.3 is 9.64 Å². The number of aromatic nitrogens is 1. The molecule has 6 rings (SSSR count). The third kappa shape index (κ3) is 3.85. The maximum absolute atomic E-state index is 13.4. The molecule has 2 aromatic carbocycles. The Morgan fingerprint density at radius 2 is 1.61 bits per heavy atom. The van der Waals surface area contributed by atoms with E-state index in [1.54, 1.807) is 12.1 Å². The van der Waals surface area contributed by atoms with E-state index in [2.05, 4.69) is 29.2 Å². The molecule has 3 aromatic rings. The van der Waals surface area contributed by atoms with Crippen LogP contribution in [0.5, 0.6) is 0 Å². The van der Waals surface area contributed by atoms with Gasteiger partial charge in [-0.1, -0.05) is 48.5 Å². The fourth-order valence-electron chi connectivity index (χ4n) is 6.44. The van der Waals surface area contributed by atoms with E-state index in [4.69, 9.17) is 10.00 Å². The van der Waals surface area contributed by atoms with Crippen molar-refractivity contribution >= 4 is 11.9 Å². The van der Waals surface area contributed by atoms with E-state index in [0.717, 1.165) is 19.3 Å². The normalized spacial score (nSPS) is 22.3. The quantitative estimate of drug-likeness (QED) is 0.449. The van der Waals surface area contributed by atoms with E-state index in [9.17, 15) is 9.59 Å². The summed E-state index contributed by atoms with van der Waals surface area (Å²) in [7, 11) is 0. The second-order valence-electron chi connectivity index (χ2n) is 10.0. The third-order valence-corrected chi connectivity index (χ3v) is 8.05. The van der Waals surface area contributed by atoms with Gasteiger partial charge in [-0.2, -0.15) is 5.26 Å². The Labute approximate surface area is 210 Å². The number of hydrogen-bond donors (Lipinski definition) is 0. The molecule has 0 radical (unpaired) electrons. The molecule has 0 spiro atoms. The number of benzene rings is 2. The second kappa shape index (κ2) is 9.23. The van der Waals surface area contributed by atoms with Crippen LogP contribution in [0.2, 0.25) is 0 Å². The van der Waals surface area contributed by atoms with Crippen molar-refractivity contribution in [3.63, 3.8) is 0 Å². The highest BCUT2D eigenvalue weighted by Crippen LogP contribution is 2.45. The Morgan fingerprint density at radius 3 is 2.25 bits per heavy atom. The first-order valence-electron chi connectivity index (χ1n) is 12.7. The number of nitrogens with zero attached hydrogens (tertiary/aromatic N) is 3. The molecule has 2 bridgehead atoms. The Morgan fingerprint density at radius 1 is 0.972 bits per heavy atom. The first-order valence-corrected chi connectivity index (χ1v) is 12.7. The summed E-state index contributed by atoms with van der Waals surface area (Å²) in [5, 5.41) is 9.14. The molecule has 6 heteroatoms. The molecule has 0 N–H and O–H groups in total. The van der Waals surface area contributed by atoms with Crippen molar-refractivity contribution in [3.8, 4) is 17.2 Å². The largest absolute Gasteiger partial charge is 0.448 e. The summed E-state index contributed by atoms with van der Waals surface area (Å²) in [6, 6.07) is 21.9. The number of amides is 1. The summed E-state index contributed by atoms with van der Waals surface area (Å²) >= 11 is 0. The van der Waals surface area contributed by atoms with Crippen LogP contribution < -0.4 is 0 Å². The van der Waals surface area contributed by atoms with Gasteiger partial charge in [0.25, 0.3) is 0 Å². The van der Waals surface area contributed by atoms with Crippen LogP contribution in [0.1, 0.15) is 65.2 Å². The lowest BCUT2D eigenvalue weighted by Gasteiger charge is -2.47. The lowest BCUT2D eigenvalue weighted by atomic mass is 9.76. The average Bonchev–Trinajstić information content (AvgIpc) is 3.24. The number of ketones is 1. The van der Waals surface area contributed by atoms with Gasteiger partial charge in [-0.25, -0.2) is 9.78 Å². The van der Waals surface area contributed by atoms with E-state index in [1.165, 1.54) is 28.5 Å². The summed E-state index contributed by atoms with van der Waals surface area (Å²) < 4.78 is 5.98. The lowest BCUT2D eigenvalue weighted by molar-refractivity contribution is 0.00651. The molecule has 2 aliphatic heterocycles. The van der Waals surface area contributed by atoms with Crippen molar-refractivity contribution in [2.75, 3.05) is 6.61 Å². The topological polar surface area (TPSA) is 83.3 Å². The summed E-state index contributed by atoms with van der Waals surface area (Å²) in [6.07, 6.45) is 5.31. The molecular weight excluding hydrogens is 450 g/mol. The van der Waals surface area contributed by atoms with E-state index in [-0.39, 0.29) is 41.5 Å². The molecule has 2 unspecified atom stereocenters. The van der Waals surface area contributed by atoms with E-state index >= 15 is 0 Å². The molecule has 3 aliphatic rings. The molecule has 3 heterocycles. The molecule has 2 fully saturated rings. The molecule has 36 heavy (non-hydrogen) atoms. The average molecular weight is 478 g/mol. The lowest BCUT2D eigenvalue weighted by Crippen LogP contribution is -2.55. The van der Waals surface area contributed by atoms with Crippen molar-refractivity contribution in [1.82, 2.24) is 9.88 Å². The predicted octanol–water partition coefficient (Wildman–Crippen LogP) is 5.72. The van der Waals surface area contributed by atoms with Gasteiger partial charge in [0.2, 0.25) is 0 Å². The number of rotatable bonds is 4. The molecule has 0 saturated carbocycles. The molecule has 1 aromatic heterocycles. The zero-order chi connectivity index (χ0) is 24.6. The number of carbonyl (C=O) groups excluding carboxylic acids is 2. The molecule has 1 amide bonds. The van der Waals surface area contributed by atoms with Gasteiger partial charge in [0, 0.05) is 35.7 Å². The summed E-state index contributed by atoms with van der Waals surface area (Å²) in [5.41, 5.74) is 5.59. The van der Waals surface area contributed by atoms with Gasteiger partial charge in [-0.3, -0.25) is 4.79 Å². The minimum atomic E-state index is -0.270. The van der Waals surface area contributed by atoms with Gasteiger partial charge in [-0.05, 0) is 66.5 Å². The monoisotopic (exact) mass is 477 g/mol. The smallest absolute Gasteiger partial charge is 0.410 e. The number of carbonyl (C=O) groups is 2. The standard InChI is InChI=1S/C30H27N3O3/c31-17-21-14-19(12-13-32-21)29(34)20-15-22-6-5-7-23(16-20)33(22)30(35)36-18-28-26-10-3-1-8-24(26)25-9-2-4-11-27(25)28/h1-4,8-14,20,22-23,28H,5-7,15-16,18H2. The number of ether oxygens (including phenoxy) is 1. The Balaban J connectivity index is 1.16.